The second-order valence-electron chi connectivity index (χ2n) is 4.60. The van der Waals surface area contributed by atoms with Crippen molar-refractivity contribution in [1.82, 2.24) is 9.78 Å². The molecule has 1 aromatic rings. The Kier molecular flexibility index (Phi) is 2.88. The minimum Gasteiger partial charge on any atom is -0.389 e. The Bertz CT molecular complexity index is 420. The topological polar surface area (TPSA) is 47.1 Å². The maximum Gasteiger partial charge on any atom is 0.136 e. The molecule has 1 saturated carbocycles. The molecular weight excluding hydrogens is 220 g/mol. The second kappa shape index (κ2) is 4.05. The zero-order valence-corrected chi connectivity index (χ0v) is 10.8. The van der Waals surface area contributed by atoms with Crippen LogP contribution in [-0.4, -0.2) is 28.4 Å². The van der Waals surface area contributed by atoms with Crippen molar-refractivity contribution in [1.29, 1.82) is 0 Å². The average Bonchev–Trinajstić information content (AvgIpc) is 2.90. The molecule has 0 amide bonds. The molecule has 0 radical (unpaired) electrons. The van der Waals surface area contributed by atoms with Crippen LogP contribution >= 0.6 is 12.2 Å². The lowest BCUT2D eigenvalue weighted by Crippen LogP contribution is -2.25. The second-order valence-corrected chi connectivity index (χ2v) is 5.04. The van der Waals surface area contributed by atoms with E-state index in [2.05, 4.69) is 17.0 Å². The first-order chi connectivity index (χ1) is 7.50. The van der Waals surface area contributed by atoms with Crippen LogP contribution in [0.4, 0.5) is 5.82 Å². The Morgan fingerprint density at radius 3 is 2.75 bits per heavy atom. The van der Waals surface area contributed by atoms with E-state index >= 15 is 0 Å². The van der Waals surface area contributed by atoms with Crippen LogP contribution in [0.1, 0.15) is 24.1 Å². The van der Waals surface area contributed by atoms with Gasteiger partial charge >= 0.3 is 0 Å². The van der Waals surface area contributed by atoms with E-state index in [1.54, 1.807) is 0 Å². The molecule has 4 nitrogen and oxygen atoms in total. The summed E-state index contributed by atoms with van der Waals surface area (Å²) in [5.41, 5.74) is 7.59. The van der Waals surface area contributed by atoms with Gasteiger partial charge in [0.1, 0.15) is 10.8 Å². The molecule has 0 atom stereocenters. The normalized spacial score (nSPS) is 15.2. The van der Waals surface area contributed by atoms with Gasteiger partial charge in [0.2, 0.25) is 0 Å². The molecule has 1 aliphatic carbocycles. The predicted molar refractivity (Wildman–Crippen MR) is 69.8 cm³/mol. The Labute approximate surface area is 101 Å². The van der Waals surface area contributed by atoms with Crippen LogP contribution in [0.15, 0.2) is 0 Å². The number of aromatic nitrogens is 2. The summed E-state index contributed by atoms with van der Waals surface area (Å²) in [5.74, 6) is 1.87. The number of rotatable bonds is 4. The Balaban J connectivity index is 2.32. The fraction of sp³-hybridized carbons (Fsp3) is 0.636. The smallest absolute Gasteiger partial charge is 0.136 e. The first kappa shape index (κ1) is 11.4. The fourth-order valence-corrected chi connectivity index (χ4v) is 2.39. The molecule has 88 valence electrons. The van der Waals surface area contributed by atoms with Crippen molar-refractivity contribution in [3.63, 3.8) is 0 Å². The number of nitrogens with two attached hydrogens (primary N) is 1. The first-order valence-electron chi connectivity index (χ1n) is 5.55. The summed E-state index contributed by atoms with van der Waals surface area (Å²) in [6.07, 6.45) is 2.67. The van der Waals surface area contributed by atoms with Gasteiger partial charge in [0.25, 0.3) is 0 Å². The summed E-state index contributed by atoms with van der Waals surface area (Å²) in [6.45, 7) is 3.01. The number of nitrogens with zero attached hydrogens (tertiary/aromatic N) is 3. The average molecular weight is 238 g/mol. The Morgan fingerprint density at radius 1 is 1.62 bits per heavy atom. The molecule has 0 bridgehead atoms. The van der Waals surface area contributed by atoms with E-state index in [9.17, 15) is 0 Å². The van der Waals surface area contributed by atoms with E-state index in [-0.39, 0.29) is 0 Å². The third kappa shape index (κ3) is 2.04. The lowest BCUT2D eigenvalue weighted by Gasteiger charge is -2.20. The fourth-order valence-electron chi connectivity index (χ4n) is 2.15. The van der Waals surface area contributed by atoms with Crippen molar-refractivity contribution >= 4 is 23.0 Å². The highest BCUT2D eigenvalue weighted by Crippen LogP contribution is 2.32. The molecule has 1 heterocycles. The number of hydrogen-bond acceptors (Lipinski definition) is 3. The molecule has 1 aliphatic rings. The highest BCUT2D eigenvalue weighted by atomic mass is 32.1. The van der Waals surface area contributed by atoms with Crippen molar-refractivity contribution in [2.45, 2.75) is 19.8 Å². The molecule has 16 heavy (non-hydrogen) atoms. The molecule has 0 saturated heterocycles. The van der Waals surface area contributed by atoms with E-state index in [4.69, 9.17) is 18.0 Å². The summed E-state index contributed by atoms with van der Waals surface area (Å²) in [5, 5.41) is 4.39. The molecule has 0 unspecified atom stereocenters. The van der Waals surface area contributed by atoms with Crippen LogP contribution in [0.5, 0.6) is 0 Å². The summed E-state index contributed by atoms with van der Waals surface area (Å²) in [4.78, 5) is 2.65. The van der Waals surface area contributed by atoms with E-state index in [0.29, 0.717) is 4.99 Å². The number of thiocarbonyl (C=S) groups is 1. The third-order valence-electron chi connectivity index (χ3n) is 3.03. The lowest BCUT2D eigenvalue weighted by atomic mass is 10.2. The molecule has 0 aliphatic heterocycles. The Hall–Kier alpha value is -1.10. The molecule has 5 heteroatoms. The highest BCUT2D eigenvalue weighted by molar-refractivity contribution is 7.80. The van der Waals surface area contributed by atoms with E-state index in [1.165, 1.54) is 12.8 Å². The summed E-state index contributed by atoms with van der Waals surface area (Å²) in [6, 6.07) is 0. The van der Waals surface area contributed by atoms with E-state index in [0.717, 1.165) is 29.5 Å². The van der Waals surface area contributed by atoms with Gasteiger partial charge < -0.3 is 10.6 Å². The largest absolute Gasteiger partial charge is 0.389 e. The van der Waals surface area contributed by atoms with Crippen molar-refractivity contribution < 1.29 is 0 Å². The maximum atomic E-state index is 5.76. The standard InChI is InChI=1S/C11H18N4S/c1-7-9(10(12)16)11(15(3)13-7)14(2)6-8-4-5-8/h8H,4-6H2,1-3H3,(H2,12,16). The van der Waals surface area contributed by atoms with Gasteiger partial charge in [-0.25, -0.2) is 0 Å². The number of aryl methyl sites for hydroxylation is 2. The van der Waals surface area contributed by atoms with Gasteiger partial charge in [0.05, 0.1) is 11.3 Å². The maximum absolute atomic E-state index is 5.76. The quantitative estimate of drug-likeness (QED) is 0.801. The molecular formula is C11H18N4S. The van der Waals surface area contributed by atoms with Gasteiger partial charge in [-0.2, -0.15) is 5.10 Å². The molecule has 1 fully saturated rings. The molecule has 2 rings (SSSR count). The lowest BCUT2D eigenvalue weighted by molar-refractivity contribution is 0.704. The van der Waals surface area contributed by atoms with Crippen LogP contribution < -0.4 is 10.6 Å². The van der Waals surface area contributed by atoms with Crippen molar-refractivity contribution in [3.8, 4) is 0 Å². The van der Waals surface area contributed by atoms with Crippen LogP contribution in [0.25, 0.3) is 0 Å². The summed E-state index contributed by atoms with van der Waals surface area (Å²) >= 11 is 5.10. The molecule has 0 aromatic carbocycles. The van der Waals surface area contributed by atoms with Crippen LogP contribution in [0.3, 0.4) is 0 Å². The van der Waals surface area contributed by atoms with Gasteiger partial charge in [-0.05, 0) is 25.7 Å². The van der Waals surface area contributed by atoms with Gasteiger partial charge in [0.15, 0.2) is 0 Å². The van der Waals surface area contributed by atoms with Gasteiger partial charge in [-0.1, -0.05) is 12.2 Å². The molecule has 2 N–H and O–H groups in total. The highest BCUT2D eigenvalue weighted by Gasteiger charge is 2.26. The van der Waals surface area contributed by atoms with Crippen LogP contribution in [0.2, 0.25) is 0 Å². The summed E-state index contributed by atoms with van der Waals surface area (Å²) in [7, 11) is 4.02. The monoisotopic (exact) mass is 238 g/mol. The third-order valence-corrected chi connectivity index (χ3v) is 3.23. The zero-order chi connectivity index (χ0) is 11.9. The van der Waals surface area contributed by atoms with Crippen LogP contribution in [-0.2, 0) is 7.05 Å². The Morgan fingerprint density at radius 2 is 2.25 bits per heavy atom. The van der Waals surface area contributed by atoms with E-state index < -0.39 is 0 Å². The summed E-state index contributed by atoms with van der Waals surface area (Å²) < 4.78 is 1.87. The van der Waals surface area contributed by atoms with Gasteiger partial charge in [-0.15, -0.1) is 0 Å². The first-order valence-corrected chi connectivity index (χ1v) is 5.96. The predicted octanol–water partition coefficient (Wildman–Crippen LogP) is 1.21. The molecule has 0 spiro atoms. The number of hydrogen-bond donors (Lipinski definition) is 1. The van der Waals surface area contributed by atoms with Crippen molar-refractivity contribution in [2.75, 3.05) is 18.5 Å². The van der Waals surface area contributed by atoms with Gasteiger partial charge in [-0.3, -0.25) is 4.68 Å². The van der Waals surface area contributed by atoms with E-state index in [1.807, 2.05) is 18.7 Å². The van der Waals surface area contributed by atoms with Crippen molar-refractivity contribution in [2.24, 2.45) is 18.7 Å². The van der Waals surface area contributed by atoms with Gasteiger partial charge in [0, 0.05) is 20.6 Å². The zero-order valence-electron chi connectivity index (χ0n) is 10.0. The minimum absolute atomic E-state index is 0.434. The minimum atomic E-state index is 0.434. The molecule has 1 aromatic heterocycles. The van der Waals surface area contributed by atoms with Crippen molar-refractivity contribution in [3.05, 3.63) is 11.3 Å². The van der Waals surface area contributed by atoms with Crippen LogP contribution in [0, 0.1) is 12.8 Å². The SMILES string of the molecule is Cc1nn(C)c(N(C)CC2CC2)c1C(N)=S. The number of anilines is 1.